The van der Waals surface area contributed by atoms with E-state index in [-0.39, 0.29) is 5.54 Å². The highest BCUT2D eigenvalue weighted by atomic mass is 15.2. The number of hydrogen-bond donors (Lipinski definition) is 0. The molecule has 1 aliphatic rings. The number of nitrogens with zero attached hydrogens (tertiary/aromatic N) is 2. The Bertz CT molecular complexity index is 311. The summed E-state index contributed by atoms with van der Waals surface area (Å²) in [4.78, 5) is 7.68. The van der Waals surface area contributed by atoms with Crippen molar-refractivity contribution < 1.29 is 0 Å². The summed E-state index contributed by atoms with van der Waals surface area (Å²) in [6, 6.07) is 0. The molecule has 0 aliphatic carbocycles. The molecule has 2 nitrogen and oxygen atoms in total. The largest absolute Gasteiger partial charge is 0.363 e. The summed E-state index contributed by atoms with van der Waals surface area (Å²) in [6.07, 6.45) is 17.3. The van der Waals surface area contributed by atoms with Crippen LogP contribution in [0.4, 0.5) is 0 Å². The first-order valence-electron chi connectivity index (χ1n) is 9.91. The minimum atomic E-state index is 0.183. The maximum atomic E-state index is 5.28. The lowest BCUT2D eigenvalue weighted by molar-refractivity contribution is 0.352. The van der Waals surface area contributed by atoms with Crippen molar-refractivity contribution in [2.24, 2.45) is 4.99 Å². The lowest BCUT2D eigenvalue weighted by Crippen LogP contribution is -2.35. The Morgan fingerprint density at radius 3 is 2.14 bits per heavy atom. The Hall–Kier alpha value is -0.530. The Balaban J connectivity index is 2.57. The monoisotopic (exact) mass is 308 g/mol. The first kappa shape index (κ1) is 19.5. The molecule has 1 saturated heterocycles. The van der Waals surface area contributed by atoms with Crippen molar-refractivity contribution in [3.8, 4) is 0 Å². The zero-order valence-corrected chi connectivity index (χ0v) is 15.8. The Morgan fingerprint density at radius 2 is 1.50 bits per heavy atom. The highest BCUT2D eigenvalue weighted by molar-refractivity contribution is 5.83. The second-order valence-corrected chi connectivity index (χ2v) is 7.52. The van der Waals surface area contributed by atoms with Crippen LogP contribution in [-0.4, -0.2) is 29.9 Å². The normalized spacial score (nSPS) is 20.4. The Morgan fingerprint density at radius 1 is 0.909 bits per heavy atom. The zero-order chi connectivity index (χ0) is 16.3. The van der Waals surface area contributed by atoms with Crippen LogP contribution in [0.3, 0.4) is 0 Å². The van der Waals surface area contributed by atoms with Crippen LogP contribution >= 0.6 is 0 Å². The Labute approximate surface area is 139 Å². The van der Waals surface area contributed by atoms with Crippen LogP contribution in [0.25, 0.3) is 0 Å². The number of unbranched alkanes of at least 4 members (excludes halogenated alkanes) is 6. The molecule has 22 heavy (non-hydrogen) atoms. The smallest absolute Gasteiger partial charge is 0.0993 e. The molecule has 0 aromatic carbocycles. The summed E-state index contributed by atoms with van der Waals surface area (Å²) >= 11 is 0. The van der Waals surface area contributed by atoms with Crippen molar-refractivity contribution in [1.29, 1.82) is 0 Å². The second kappa shape index (κ2) is 11.1. The van der Waals surface area contributed by atoms with Gasteiger partial charge in [0.1, 0.15) is 0 Å². The molecule has 0 bridgehead atoms. The lowest BCUT2D eigenvalue weighted by Gasteiger charge is -2.32. The molecule has 0 aromatic rings. The molecule has 0 radical (unpaired) electrons. The van der Waals surface area contributed by atoms with E-state index >= 15 is 0 Å². The van der Waals surface area contributed by atoms with Crippen LogP contribution in [-0.2, 0) is 0 Å². The van der Waals surface area contributed by atoms with Crippen molar-refractivity contribution in [1.82, 2.24) is 4.90 Å². The number of likely N-dealkylation sites (tertiary alicyclic amines) is 1. The van der Waals surface area contributed by atoms with Crippen LogP contribution in [0, 0.1) is 0 Å². The average Bonchev–Trinajstić information content (AvgIpc) is 2.50. The third-order valence-corrected chi connectivity index (χ3v) is 5.12. The molecule has 130 valence electrons. The van der Waals surface area contributed by atoms with Crippen LogP contribution in [0.5, 0.6) is 0 Å². The van der Waals surface area contributed by atoms with Crippen LogP contribution in [0.15, 0.2) is 4.99 Å². The topological polar surface area (TPSA) is 15.6 Å². The minimum Gasteiger partial charge on any atom is -0.363 e. The predicted octanol–water partition coefficient (Wildman–Crippen LogP) is 6.20. The molecular formula is C20H40N2. The van der Waals surface area contributed by atoms with Crippen LogP contribution in [0.2, 0.25) is 0 Å². The van der Waals surface area contributed by atoms with E-state index in [9.17, 15) is 0 Å². The first-order valence-corrected chi connectivity index (χ1v) is 9.91. The van der Waals surface area contributed by atoms with Gasteiger partial charge in [0.2, 0.25) is 0 Å². The molecule has 2 heteroatoms. The van der Waals surface area contributed by atoms with Gasteiger partial charge in [-0.15, -0.1) is 0 Å². The minimum absolute atomic E-state index is 0.183. The highest BCUT2D eigenvalue weighted by Gasteiger charge is 2.25. The molecule has 1 heterocycles. The summed E-state index contributed by atoms with van der Waals surface area (Å²) < 4.78 is 0. The van der Waals surface area contributed by atoms with E-state index in [4.69, 9.17) is 4.99 Å². The molecule has 1 rings (SSSR count). The molecule has 1 unspecified atom stereocenters. The lowest BCUT2D eigenvalue weighted by atomic mass is 9.88. The summed E-state index contributed by atoms with van der Waals surface area (Å²) in [5.41, 5.74) is 0.183. The zero-order valence-electron chi connectivity index (χ0n) is 15.8. The number of hydrogen-bond acceptors (Lipinski definition) is 1. The predicted molar refractivity (Wildman–Crippen MR) is 99.8 cm³/mol. The quantitative estimate of drug-likeness (QED) is 0.415. The SMILES string of the molecule is CCCCCCCC(C)(CCCCC)N=C1CCCCN1C. The molecule has 1 aliphatic heterocycles. The Kier molecular flexibility index (Phi) is 9.82. The van der Waals surface area contributed by atoms with E-state index in [1.165, 1.54) is 95.9 Å². The van der Waals surface area contributed by atoms with E-state index in [1.54, 1.807) is 0 Å². The molecule has 0 saturated carbocycles. The van der Waals surface area contributed by atoms with Gasteiger partial charge in [-0.3, -0.25) is 4.99 Å². The van der Waals surface area contributed by atoms with E-state index < -0.39 is 0 Å². The van der Waals surface area contributed by atoms with Gasteiger partial charge >= 0.3 is 0 Å². The molecule has 0 aromatic heterocycles. The van der Waals surface area contributed by atoms with Gasteiger partial charge in [-0.05, 0) is 32.6 Å². The van der Waals surface area contributed by atoms with E-state index in [1.807, 2.05) is 0 Å². The maximum Gasteiger partial charge on any atom is 0.0993 e. The standard InChI is InChI=1S/C20H40N2/c1-5-7-9-10-13-17-20(3,16-12-8-6-2)21-19-15-11-14-18-22(19)4/h5-18H2,1-4H3. The van der Waals surface area contributed by atoms with Crippen molar-refractivity contribution in [3.05, 3.63) is 0 Å². The molecule has 0 N–H and O–H groups in total. The summed E-state index contributed by atoms with van der Waals surface area (Å²) in [5.74, 6) is 1.37. The van der Waals surface area contributed by atoms with Gasteiger partial charge in [-0.1, -0.05) is 65.2 Å². The second-order valence-electron chi connectivity index (χ2n) is 7.52. The summed E-state index contributed by atoms with van der Waals surface area (Å²) in [7, 11) is 2.23. The fraction of sp³-hybridized carbons (Fsp3) is 0.950. The van der Waals surface area contributed by atoms with Gasteiger partial charge in [-0.2, -0.15) is 0 Å². The fourth-order valence-corrected chi connectivity index (χ4v) is 3.51. The first-order chi connectivity index (χ1) is 10.6. The maximum absolute atomic E-state index is 5.28. The van der Waals surface area contributed by atoms with Crippen molar-refractivity contribution >= 4 is 5.84 Å². The molecular weight excluding hydrogens is 268 g/mol. The fourth-order valence-electron chi connectivity index (χ4n) is 3.51. The summed E-state index contributed by atoms with van der Waals surface area (Å²) in [6.45, 7) is 8.20. The van der Waals surface area contributed by atoms with Crippen molar-refractivity contribution in [3.63, 3.8) is 0 Å². The third kappa shape index (κ3) is 7.65. The molecule has 0 amide bonds. The van der Waals surface area contributed by atoms with Gasteiger partial charge in [0, 0.05) is 20.0 Å². The highest BCUT2D eigenvalue weighted by Crippen LogP contribution is 2.28. The third-order valence-electron chi connectivity index (χ3n) is 5.12. The summed E-state index contributed by atoms with van der Waals surface area (Å²) in [5, 5.41) is 0. The van der Waals surface area contributed by atoms with Crippen LogP contribution in [0.1, 0.15) is 104 Å². The van der Waals surface area contributed by atoms with Gasteiger partial charge in [0.25, 0.3) is 0 Å². The van der Waals surface area contributed by atoms with Crippen molar-refractivity contribution in [2.45, 2.75) is 110 Å². The van der Waals surface area contributed by atoms with E-state index in [2.05, 4.69) is 32.7 Å². The van der Waals surface area contributed by atoms with Gasteiger partial charge in [0.15, 0.2) is 0 Å². The van der Waals surface area contributed by atoms with E-state index in [0.717, 1.165) is 0 Å². The number of aliphatic imine (C=N–C) groups is 1. The van der Waals surface area contributed by atoms with Gasteiger partial charge in [0.05, 0.1) is 11.4 Å². The molecule has 1 fully saturated rings. The van der Waals surface area contributed by atoms with E-state index in [0.29, 0.717) is 0 Å². The molecule has 0 spiro atoms. The average molecular weight is 309 g/mol. The van der Waals surface area contributed by atoms with Gasteiger partial charge < -0.3 is 4.90 Å². The number of rotatable bonds is 11. The van der Waals surface area contributed by atoms with Crippen molar-refractivity contribution in [2.75, 3.05) is 13.6 Å². The number of amidine groups is 1. The number of piperidine rings is 1. The van der Waals surface area contributed by atoms with Crippen LogP contribution < -0.4 is 0 Å². The molecule has 1 atom stereocenters. The van der Waals surface area contributed by atoms with Gasteiger partial charge in [-0.25, -0.2) is 0 Å².